The molecule has 2 fully saturated rings. The summed E-state index contributed by atoms with van der Waals surface area (Å²) in [5.41, 5.74) is 3.29. The minimum absolute atomic E-state index is 0.0763. The molecule has 2 aromatic rings. The Morgan fingerprint density at radius 2 is 1.94 bits per heavy atom. The molecule has 0 radical (unpaired) electrons. The van der Waals surface area contributed by atoms with Gasteiger partial charge in [0.1, 0.15) is 0 Å². The Morgan fingerprint density at radius 3 is 2.69 bits per heavy atom. The molecule has 2 amide bonds. The fourth-order valence-electron chi connectivity index (χ4n) is 4.98. The van der Waals surface area contributed by atoms with Crippen LogP contribution in [0, 0.1) is 11.8 Å². The number of benzene rings is 1. The minimum atomic E-state index is -0.229. The van der Waals surface area contributed by atoms with Crippen molar-refractivity contribution in [2.75, 3.05) is 39.3 Å². The molecule has 6 nitrogen and oxygen atoms in total. The van der Waals surface area contributed by atoms with E-state index in [1.807, 2.05) is 34.2 Å². The molecule has 0 bridgehead atoms. The third-order valence-electron chi connectivity index (χ3n) is 6.69. The summed E-state index contributed by atoms with van der Waals surface area (Å²) >= 11 is 0. The summed E-state index contributed by atoms with van der Waals surface area (Å²) in [6.07, 6.45) is 6.96. The van der Waals surface area contributed by atoms with E-state index in [1.54, 1.807) is 6.20 Å². The number of rotatable bonds is 6. The monoisotopic (exact) mass is 434 g/mol. The standard InChI is InChI=1S/C26H34N4O2/c1-2-14-29-15-16-30(25(31)20-9-12-27-13-10-20)19-23(26(29)32)17-21-6-3-4-8-24(21)22-7-5-11-28-18-22/h3-8,11,18,20,23,27H,2,9-10,12-17,19H2,1H3. The van der Waals surface area contributed by atoms with Crippen molar-refractivity contribution < 1.29 is 9.59 Å². The molecule has 2 aliphatic heterocycles. The van der Waals surface area contributed by atoms with Crippen molar-refractivity contribution in [2.24, 2.45) is 11.8 Å². The van der Waals surface area contributed by atoms with Gasteiger partial charge in [-0.15, -0.1) is 0 Å². The first-order valence-corrected chi connectivity index (χ1v) is 11.9. The van der Waals surface area contributed by atoms with E-state index >= 15 is 0 Å². The smallest absolute Gasteiger partial charge is 0.227 e. The van der Waals surface area contributed by atoms with Gasteiger partial charge in [-0.2, -0.15) is 0 Å². The van der Waals surface area contributed by atoms with Crippen LogP contribution in [0.25, 0.3) is 11.1 Å². The molecule has 1 aromatic heterocycles. The van der Waals surface area contributed by atoms with Gasteiger partial charge >= 0.3 is 0 Å². The molecule has 2 saturated heterocycles. The van der Waals surface area contributed by atoms with Gasteiger partial charge in [0, 0.05) is 50.1 Å². The van der Waals surface area contributed by atoms with Gasteiger partial charge in [-0.1, -0.05) is 37.3 Å². The molecule has 2 aliphatic rings. The first-order chi connectivity index (χ1) is 15.7. The van der Waals surface area contributed by atoms with Gasteiger partial charge in [0.2, 0.25) is 11.8 Å². The summed E-state index contributed by atoms with van der Waals surface area (Å²) in [7, 11) is 0. The predicted octanol–water partition coefficient (Wildman–Crippen LogP) is 2.99. The van der Waals surface area contributed by atoms with Crippen LogP contribution in [0.4, 0.5) is 0 Å². The topological polar surface area (TPSA) is 65.5 Å². The summed E-state index contributed by atoms with van der Waals surface area (Å²) in [6, 6.07) is 12.2. The molecule has 0 saturated carbocycles. The minimum Gasteiger partial charge on any atom is -0.341 e. The number of hydrogen-bond acceptors (Lipinski definition) is 4. The normalized spacial score (nSPS) is 20.3. The van der Waals surface area contributed by atoms with Crippen molar-refractivity contribution in [3.05, 3.63) is 54.4 Å². The summed E-state index contributed by atoms with van der Waals surface area (Å²) < 4.78 is 0. The van der Waals surface area contributed by atoms with Gasteiger partial charge in [0.05, 0.1) is 5.92 Å². The van der Waals surface area contributed by atoms with Gasteiger partial charge in [-0.3, -0.25) is 14.6 Å². The Hall–Kier alpha value is -2.73. The average Bonchev–Trinajstić information content (AvgIpc) is 3.00. The molecule has 1 N–H and O–H groups in total. The highest BCUT2D eigenvalue weighted by Crippen LogP contribution is 2.27. The molecule has 0 aliphatic carbocycles. The highest BCUT2D eigenvalue weighted by Gasteiger charge is 2.34. The van der Waals surface area contributed by atoms with Crippen LogP contribution < -0.4 is 5.32 Å². The number of carbonyl (C=O) groups is 2. The van der Waals surface area contributed by atoms with E-state index < -0.39 is 0 Å². The largest absolute Gasteiger partial charge is 0.341 e. The van der Waals surface area contributed by atoms with Crippen LogP contribution in [0.15, 0.2) is 48.8 Å². The third kappa shape index (κ3) is 5.18. The Bertz CT molecular complexity index is 911. The second-order valence-electron chi connectivity index (χ2n) is 8.93. The van der Waals surface area contributed by atoms with E-state index in [0.717, 1.165) is 55.6 Å². The first kappa shape index (κ1) is 22.5. The van der Waals surface area contributed by atoms with E-state index in [0.29, 0.717) is 26.1 Å². The lowest BCUT2D eigenvalue weighted by atomic mass is 9.91. The average molecular weight is 435 g/mol. The van der Waals surface area contributed by atoms with E-state index in [-0.39, 0.29) is 23.7 Å². The quantitative estimate of drug-likeness (QED) is 0.759. The fraction of sp³-hybridized carbons (Fsp3) is 0.500. The second-order valence-corrected chi connectivity index (χ2v) is 8.93. The van der Waals surface area contributed by atoms with E-state index in [2.05, 4.69) is 35.4 Å². The van der Waals surface area contributed by atoms with Crippen LogP contribution in [0.5, 0.6) is 0 Å². The van der Waals surface area contributed by atoms with Crippen molar-refractivity contribution in [3.63, 3.8) is 0 Å². The van der Waals surface area contributed by atoms with E-state index in [1.165, 1.54) is 0 Å². The van der Waals surface area contributed by atoms with Gasteiger partial charge in [-0.25, -0.2) is 0 Å². The Balaban J connectivity index is 1.59. The molecule has 170 valence electrons. The van der Waals surface area contributed by atoms with Crippen molar-refractivity contribution in [1.82, 2.24) is 20.1 Å². The van der Waals surface area contributed by atoms with E-state index in [9.17, 15) is 9.59 Å². The molecule has 3 heterocycles. The highest BCUT2D eigenvalue weighted by atomic mass is 16.2. The van der Waals surface area contributed by atoms with Crippen molar-refractivity contribution in [3.8, 4) is 11.1 Å². The second kappa shape index (κ2) is 10.7. The predicted molar refractivity (Wildman–Crippen MR) is 126 cm³/mol. The Kier molecular flexibility index (Phi) is 7.53. The third-order valence-corrected chi connectivity index (χ3v) is 6.69. The summed E-state index contributed by atoms with van der Waals surface area (Å²) in [6.45, 7) is 6.40. The first-order valence-electron chi connectivity index (χ1n) is 11.9. The van der Waals surface area contributed by atoms with Crippen molar-refractivity contribution in [1.29, 1.82) is 0 Å². The maximum Gasteiger partial charge on any atom is 0.227 e. The van der Waals surface area contributed by atoms with Crippen LogP contribution >= 0.6 is 0 Å². The van der Waals surface area contributed by atoms with Crippen LogP contribution in [0.2, 0.25) is 0 Å². The van der Waals surface area contributed by atoms with Crippen LogP contribution in [0.3, 0.4) is 0 Å². The molecule has 1 unspecified atom stereocenters. The van der Waals surface area contributed by atoms with Crippen molar-refractivity contribution >= 4 is 11.8 Å². The van der Waals surface area contributed by atoms with Gasteiger partial charge in [0.25, 0.3) is 0 Å². The molecule has 0 spiro atoms. The molecule has 4 rings (SSSR count). The van der Waals surface area contributed by atoms with Gasteiger partial charge < -0.3 is 15.1 Å². The Morgan fingerprint density at radius 1 is 1.12 bits per heavy atom. The molecular weight excluding hydrogens is 400 g/mol. The summed E-state index contributed by atoms with van der Waals surface area (Å²) in [5, 5.41) is 3.34. The SMILES string of the molecule is CCCN1CCN(C(=O)C2CCNCC2)CC(Cc2ccccc2-c2cccnc2)C1=O. The Labute approximate surface area is 191 Å². The zero-order chi connectivity index (χ0) is 22.3. The number of pyridine rings is 1. The van der Waals surface area contributed by atoms with Crippen LogP contribution in [-0.4, -0.2) is 65.9 Å². The molecule has 6 heteroatoms. The maximum absolute atomic E-state index is 13.5. The number of aromatic nitrogens is 1. The van der Waals surface area contributed by atoms with Crippen LogP contribution in [0.1, 0.15) is 31.7 Å². The fourth-order valence-corrected chi connectivity index (χ4v) is 4.98. The molecule has 1 aromatic carbocycles. The molecule has 32 heavy (non-hydrogen) atoms. The zero-order valence-electron chi connectivity index (χ0n) is 19.0. The molecular formula is C26H34N4O2. The maximum atomic E-state index is 13.5. The number of amides is 2. The van der Waals surface area contributed by atoms with Crippen molar-refractivity contribution in [2.45, 2.75) is 32.6 Å². The number of hydrogen-bond donors (Lipinski definition) is 1. The number of nitrogens with one attached hydrogen (secondary N) is 1. The lowest BCUT2D eigenvalue weighted by molar-refractivity contribution is -0.137. The summed E-state index contributed by atoms with van der Waals surface area (Å²) in [5.74, 6) is 0.247. The highest BCUT2D eigenvalue weighted by molar-refractivity contribution is 5.83. The number of carbonyl (C=O) groups excluding carboxylic acids is 2. The van der Waals surface area contributed by atoms with Gasteiger partial charge in [-0.05, 0) is 56.0 Å². The number of piperidine rings is 1. The zero-order valence-corrected chi connectivity index (χ0v) is 19.0. The van der Waals surface area contributed by atoms with Crippen LogP contribution in [-0.2, 0) is 16.0 Å². The summed E-state index contributed by atoms with van der Waals surface area (Å²) in [4.78, 5) is 35.0. The van der Waals surface area contributed by atoms with E-state index in [4.69, 9.17) is 0 Å². The molecule has 1 atom stereocenters. The van der Waals surface area contributed by atoms with Gasteiger partial charge in [0.15, 0.2) is 0 Å². The lowest BCUT2D eigenvalue weighted by Crippen LogP contribution is -2.43. The lowest BCUT2D eigenvalue weighted by Gasteiger charge is -2.30. The number of nitrogens with zero attached hydrogens (tertiary/aromatic N) is 3.